The van der Waals surface area contributed by atoms with E-state index >= 15 is 0 Å². The van der Waals surface area contributed by atoms with E-state index in [0.29, 0.717) is 6.42 Å². The molecule has 0 aliphatic carbocycles. The summed E-state index contributed by atoms with van der Waals surface area (Å²) in [6, 6.07) is 3.01. The minimum absolute atomic E-state index is 0.0832. The fourth-order valence-electron chi connectivity index (χ4n) is 0.792. The number of nitriles is 2. The lowest BCUT2D eigenvalue weighted by Crippen LogP contribution is -2.43. The molecule has 0 rings (SSSR count). The maximum atomic E-state index is 11.4. The predicted molar refractivity (Wildman–Crippen MR) is 46.1 cm³/mol. The van der Waals surface area contributed by atoms with Gasteiger partial charge in [-0.05, 0) is 6.42 Å². The Morgan fingerprint density at radius 3 is 2.23 bits per heavy atom. The van der Waals surface area contributed by atoms with Crippen LogP contribution in [0.25, 0.3) is 0 Å². The van der Waals surface area contributed by atoms with E-state index in [1.165, 1.54) is 0 Å². The third-order valence-electron chi connectivity index (χ3n) is 1.59. The van der Waals surface area contributed by atoms with Gasteiger partial charge in [0.1, 0.15) is 13.1 Å². The summed E-state index contributed by atoms with van der Waals surface area (Å²) in [6.45, 7) is 1.61. The molecule has 0 aliphatic rings. The van der Waals surface area contributed by atoms with Crippen LogP contribution in [-0.4, -0.2) is 29.9 Å². The van der Waals surface area contributed by atoms with E-state index in [4.69, 9.17) is 16.3 Å². The molecular formula is C8H12N4O. The number of hydrogen-bond acceptors (Lipinski definition) is 4. The number of carbonyl (C=O) groups excluding carboxylic acids is 1. The first kappa shape index (κ1) is 11.4. The minimum Gasteiger partial charge on any atom is -0.320 e. The lowest BCUT2D eigenvalue weighted by Gasteiger charge is -2.19. The maximum Gasteiger partial charge on any atom is 0.241 e. The van der Waals surface area contributed by atoms with Crippen molar-refractivity contribution in [2.45, 2.75) is 19.4 Å². The van der Waals surface area contributed by atoms with Gasteiger partial charge in [-0.2, -0.15) is 10.5 Å². The molecule has 0 fully saturated rings. The Labute approximate surface area is 77.3 Å². The van der Waals surface area contributed by atoms with E-state index < -0.39 is 6.04 Å². The molecule has 1 amide bonds. The summed E-state index contributed by atoms with van der Waals surface area (Å²) >= 11 is 0. The summed E-state index contributed by atoms with van der Waals surface area (Å²) in [5.41, 5.74) is 5.47. The highest BCUT2D eigenvalue weighted by molar-refractivity contribution is 5.82. The minimum atomic E-state index is -0.610. The van der Waals surface area contributed by atoms with Crippen LogP contribution in [0.2, 0.25) is 0 Å². The van der Waals surface area contributed by atoms with Crippen molar-refractivity contribution in [2.75, 3.05) is 13.1 Å². The zero-order valence-electron chi connectivity index (χ0n) is 7.53. The first-order valence-corrected chi connectivity index (χ1v) is 3.95. The van der Waals surface area contributed by atoms with E-state index in [-0.39, 0.29) is 19.0 Å². The standard InChI is InChI=1S/C8H12N4O/c1-2-7(11)8(13)12(5-3-9)6-4-10/h7H,2,5-6,11H2,1H3/t7-/m0/s1. The van der Waals surface area contributed by atoms with Crippen LogP contribution in [0.1, 0.15) is 13.3 Å². The first-order chi connectivity index (χ1) is 6.17. The van der Waals surface area contributed by atoms with Crippen LogP contribution < -0.4 is 5.73 Å². The number of rotatable bonds is 4. The summed E-state index contributed by atoms with van der Waals surface area (Å²) in [6.07, 6.45) is 0.506. The van der Waals surface area contributed by atoms with Crippen LogP contribution in [0, 0.1) is 22.7 Å². The molecule has 5 nitrogen and oxygen atoms in total. The SMILES string of the molecule is CC[C@H](N)C(=O)N(CC#N)CC#N. The van der Waals surface area contributed by atoms with Crippen molar-refractivity contribution >= 4 is 5.91 Å². The van der Waals surface area contributed by atoms with Crippen LogP contribution in [0.15, 0.2) is 0 Å². The van der Waals surface area contributed by atoms with E-state index in [9.17, 15) is 4.79 Å². The summed E-state index contributed by atoms with van der Waals surface area (Å²) in [4.78, 5) is 12.5. The second-order valence-corrected chi connectivity index (χ2v) is 2.53. The largest absolute Gasteiger partial charge is 0.320 e. The average molecular weight is 180 g/mol. The van der Waals surface area contributed by atoms with Gasteiger partial charge in [0.2, 0.25) is 5.91 Å². The van der Waals surface area contributed by atoms with Crippen molar-refractivity contribution < 1.29 is 4.79 Å². The smallest absolute Gasteiger partial charge is 0.241 e. The number of nitrogens with zero attached hydrogens (tertiary/aromatic N) is 3. The molecule has 0 radical (unpaired) electrons. The molecule has 0 aliphatic heterocycles. The van der Waals surface area contributed by atoms with Crippen molar-refractivity contribution in [1.29, 1.82) is 10.5 Å². The van der Waals surface area contributed by atoms with E-state index in [2.05, 4.69) is 0 Å². The fraction of sp³-hybridized carbons (Fsp3) is 0.625. The number of nitrogens with two attached hydrogens (primary N) is 1. The van der Waals surface area contributed by atoms with Gasteiger partial charge in [0.25, 0.3) is 0 Å². The molecular weight excluding hydrogens is 168 g/mol. The Morgan fingerprint density at radius 2 is 1.92 bits per heavy atom. The molecule has 5 heteroatoms. The Kier molecular flexibility index (Phi) is 5.25. The van der Waals surface area contributed by atoms with Crippen LogP contribution in [0.3, 0.4) is 0 Å². The van der Waals surface area contributed by atoms with Gasteiger partial charge in [0.15, 0.2) is 0 Å². The zero-order chi connectivity index (χ0) is 10.3. The quantitative estimate of drug-likeness (QED) is 0.595. The molecule has 0 aromatic carbocycles. The van der Waals surface area contributed by atoms with Gasteiger partial charge in [0, 0.05) is 0 Å². The third-order valence-corrected chi connectivity index (χ3v) is 1.59. The molecule has 0 bridgehead atoms. The summed E-state index contributed by atoms with van der Waals surface area (Å²) < 4.78 is 0. The Bertz CT molecular complexity index is 234. The zero-order valence-corrected chi connectivity index (χ0v) is 7.53. The van der Waals surface area contributed by atoms with Crippen molar-refractivity contribution in [1.82, 2.24) is 4.90 Å². The molecule has 0 heterocycles. The second-order valence-electron chi connectivity index (χ2n) is 2.53. The molecule has 70 valence electrons. The molecule has 0 spiro atoms. The number of carbonyl (C=O) groups is 1. The predicted octanol–water partition coefficient (Wildman–Crippen LogP) is -0.401. The van der Waals surface area contributed by atoms with Crippen molar-refractivity contribution in [3.05, 3.63) is 0 Å². The Morgan fingerprint density at radius 1 is 1.46 bits per heavy atom. The Balaban J connectivity index is 4.30. The topological polar surface area (TPSA) is 93.9 Å². The molecule has 2 N–H and O–H groups in total. The molecule has 0 aromatic heterocycles. The van der Waals surface area contributed by atoms with Gasteiger partial charge in [-0.15, -0.1) is 0 Å². The highest BCUT2D eigenvalue weighted by Gasteiger charge is 2.18. The van der Waals surface area contributed by atoms with Crippen LogP contribution >= 0.6 is 0 Å². The van der Waals surface area contributed by atoms with Gasteiger partial charge in [-0.25, -0.2) is 0 Å². The average Bonchev–Trinajstić information content (AvgIpc) is 2.15. The lowest BCUT2D eigenvalue weighted by atomic mass is 10.2. The van der Waals surface area contributed by atoms with Crippen LogP contribution in [0.4, 0.5) is 0 Å². The van der Waals surface area contributed by atoms with Crippen molar-refractivity contribution in [2.24, 2.45) is 5.73 Å². The van der Waals surface area contributed by atoms with Gasteiger partial charge in [-0.1, -0.05) is 6.92 Å². The monoisotopic (exact) mass is 180 g/mol. The fourth-order valence-corrected chi connectivity index (χ4v) is 0.792. The normalized spacial score (nSPS) is 11.1. The summed E-state index contributed by atoms with van der Waals surface area (Å²) in [5.74, 6) is -0.342. The molecule has 0 aromatic rings. The van der Waals surface area contributed by atoms with Crippen molar-refractivity contribution in [3.8, 4) is 12.1 Å². The molecule has 0 saturated carbocycles. The molecule has 1 atom stereocenters. The van der Waals surface area contributed by atoms with Gasteiger partial charge in [0.05, 0.1) is 18.2 Å². The highest BCUT2D eigenvalue weighted by atomic mass is 16.2. The molecule has 13 heavy (non-hydrogen) atoms. The third kappa shape index (κ3) is 3.55. The first-order valence-electron chi connectivity index (χ1n) is 3.95. The molecule has 0 saturated heterocycles. The number of amides is 1. The van der Waals surface area contributed by atoms with E-state index in [1.807, 2.05) is 12.1 Å². The highest BCUT2D eigenvalue weighted by Crippen LogP contribution is 1.95. The van der Waals surface area contributed by atoms with E-state index in [1.54, 1.807) is 6.92 Å². The van der Waals surface area contributed by atoms with E-state index in [0.717, 1.165) is 4.90 Å². The summed E-state index contributed by atoms with van der Waals surface area (Å²) in [7, 11) is 0. The lowest BCUT2D eigenvalue weighted by molar-refractivity contribution is -0.131. The second kappa shape index (κ2) is 5.99. The van der Waals surface area contributed by atoms with Crippen LogP contribution in [-0.2, 0) is 4.79 Å². The van der Waals surface area contributed by atoms with Gasteiger partial charge < -0.3 is 10.6 Å². The summed E-state index contributed by atoms with van der Waals surface area (Å²) in [5, 5.41) is 16.7. The van der Waals surface area contributed by atoms with Gasteiger partial charge in [-0.3, -0.25) is 4.79 Å². The number of hydrogen-bond donors (Lipinski definition) is 1. The maximum absolute atomic E-state index is 11.4. The van der Waals surface area contributed by atoms with Crippen LogP contribution in [0.5, 0.6) is 0 Å². The van der Waals surface area contributed by atoms with Gasteiger partial charge >= 0.3 is 0 Å². The Hall–Kier alpha value is -1.59. The van der Waals surface area contributed by atoms with Crippen molar-refractivity contribution in [3.63, 3.8) is 0 Å². The molecule has 0 unspecified atom stereocenters.